The average Bonchev–Trinajstić information content (AvgIpc) is 1.84. The molecule has 0 fully saturated rings. The van der Waals surface area contributed by atoms with Crippen LogP contribution in [0.1, 0.15) is 46.0 Å². The van der Waals surface area contributed by atoms with Crippen LogP contribution in [0.3, 0.4) is 0 Å². The maximum absolute atomic E-state index is 11.2. The van der Waals surface area contributed by atoms with Crippen molar-refractivity contribution in [3.63, 3.8) is 0 Å². The third-order valence-electron chi connectivity index (χ3n) is 1.59. The number of aliphatic hydroxyl groups is 1. The molecular weight excluding hydrogens is 152 g/mol. The number of ketones is 1. The molecule has 0 rings (SSSR count). The molecule has 0 aliphatic carbocycles. The van der Waals surface area contributed by atoms with Gasteiger partial charge in [-0.05, 0) is 20.3 Å². The topological polar surface area (TPSA) is 37.3 Å². The van der Waals surface area contributed by atoms with Gasteiger partial charge in [-0.2, -0.15) is 0 Å². The van der Waals surface area contributed by atoms with Crippen LogP contribution in [-0.2, 0) is 4.79 Å². The second-order valence-corrected chi connectivity index (χ2v) is 3.84. The molecule has 1 radical (unpaired) electrons. The molecule has 1 N–H and O–H groups in total. The molecule has 0 aromatic heterocycles. The van der Waals surface area contributed by atoms with Crippen molar-refractivity contribution in [1.29, 1.82) is 0 Å². The molecule has 0 unspecified atom stereocenters. The molecule has 0 amide bonds. The fraction of sp³-hybridized carbons (Fsp3) is 0.800. The molecule has 0 atom stereocenters. The predicted molar refractivity (Wildman–Crippen MR) is 49.7 cm³/mol. The summed E-state index contributed by atoms with van der Waals surface area (Å²) in [6, 6.07) is 0. The molecule has 2 nitrogen and oxygen atoms in total. The Balaban J connectivity index is 3.47. The second-order valence-electron chi connectivity index (χ2n) is 3.84. The summed E-state index contributed by atoms with van der Waals surface area (Å²) in [6.07, 6.45) is 3.63. The van der Waals surface area contributed by atoms with Crippen LogP contribution >= 0.6 is 0 Å². The van der Waals surface area contributed by atoms with Crippen LogP contribution in [0.2, 0.25) is 0 Å². The van der Waals surface area contributed by atoms with Crippen LogP contribution < -0.4 is 0 Å². The number of Topliss-reactive ketones (excluding diaryl/α,β-unsaturated/α-hetero) is 1. The van der Waals surface area contributed by atoms with Gasteiger partial charge >= 0.3 is 0 Å². The van der Waals surface area contributed by atoms with Gasteiger partial charge in [0, 0.05) is 12.8 Å². The second kappa shape index (κ2) is 5.31. The van der Waals surface area contributed by atoms with Crippen molar-refractivity contribution in [3.05, 3.63) is 6.92 Å². The number of rotatable bonds is 6. The van der Waals surface area contributed by atoms with Crippen LogP contribution in [0.25, 0.3) is 0 Å². The minimum Gasteiger partial charge on any atom is -0.390 e. The van der Waals surface area contributed by atoms with Crippen molar-refractivity contribution in [1.82, 2.24) is 0 Å². The van der Waals surface area contributed by atoms with Crippen LogP contribution in [0.15, 0.2) is 0 Å². The van der Waals surface area contributed by atoms with E-state index < -0.39 is 5.60 Å². The molecule has 0 spiro atoms. The Morgan fingerprint density at radius 1 is 1.42 bits per heavy atom. The van der Waals surface area contributed by atoms with Gasteiger partial charge in [-0.25, -0.2) is 0 Å². The van der Waals surface area contributed by atoms with Crippen molar-refractivity contribution in [2.45, 2.75) is 51.6 Å². The first-order valence-corrected chi connectivity index (χ1v) is 4.49. The first kappa shape index (κ1) is 11.6. The molecule has 0 saturated carbocycles. The third-order valence-corrected chi connectivity index (χ3v) is 1.59. The molecule has 71 valence electrons. The van der Waals surface area contributed by atoms with Gasteiger partial charge in [0.05, 0.1) is 5.60 Å². The number of hydrogen-bond donors (Lipinski definition) is 1. The monoisotopic (exact) mass is 171 g/mol. The Labute approximate surface area is 75.0 Å². The smallest absolute Gasteiger partial charge is 0.135 e. The highest BCUT2D eigenvalue weighted by molar-refractivity contribution is 5.79. The van der Waals surface area contributed by atoms with E-state index in [4.69, 9.17) is 0 Å². The summed E-state index contributed by atoms with van der Waals surface area (Å²) in [4.78, 5) is 11.2. The zero-order valence-corrected chi connectivity index (χ0v) is 8.10. The van der Waals surface area contributed by atoms with Gasteiger partial charge in [-0.3, -0.25) is 4.79 Å². The van der Waals surface area contributed by atoms with E-state index in [-0.39, 0.29) is 12.2 Å². The number of carbonyl (C=O) groups is 1. The van der Waals surface area contributed by atoms with E-state index in [0.717, 1.165) is 19.3 Å². The maximum Gasteiger partial charge on any atom is 0.135 e. The molecule has 12 heavy (non-hydrogen) atoms. The molecular formula is C10H19O2. The summed E-state index contributed by atoms with van der Waals surface area (Å²) in [5.41, 5.74) is -0.846. The van der Waals surface area contributed by atoms with Crippen LogP contribution in [0.4, 0.5) is 0 Å². The zero-order valence-electron chi connectivity index (χ0n) is 8.10. The van der Waals surface area contributed by atoms with Gasteiger partial charge < -0.3 is 5.11 Å². The minimum atomic E-state index is -0.846. The summed E-state index contributed by atoms with van der Waals surface area (Å²) in [5, 5.41) is 9.31. The van der Waals surface area contributed by atoms with Gasteiger partial charge in [0.25, 0.3) is 0 Å². The SMILES string of the molecule is [CH2]CCCCC(=O)CC(C)(C)O. The average molecular weight is 171 g/mol. The largest absolute Gasteiger partial charge is 0.390 e. The fourth-order valence-electron chi connectivity index (χ4n) is 1.07. The molecule has 0 saturated heterocycles. The van der Waals surface area contributed by atoms with E-state index in [0.29, 0.717) is 6.42 Å². The molecule has 0 bridgehead atoms. The Kier molecular flexibility index (Phi) is 5.14. The highest BCUT2D eigenvalue weighted by atomic mass is 16.3. The van der Waals surface area contributed by atoms with Gasteiger partial charge in [-0.15, -0.1) is 0 Å². The van der Waals surface area contributed by atoms with Crippen molar-refractivity contribution in [3.8, 4) is 0 Å². The molecule has 0 aliphatic heterocycles. The summed E-state index contributed by atoms with van der Waals surface area (Å²) in [6.45, 7) is 7.01. The van der Waals surface area contributed by atoms with Gasteiger partial charge in [0.15, 0.2) is 0 Å². The van der Waals surface area contributed by atoms with E-state index in [1.807, 2.05) is 0 Å². The standard InChI is InChI=1S/C10H19O2/c1-4-5-6-7-9(11)8-10(2,3)12/h12H,1,4-8H2,2-3H3. The molecule has 0 aliphatic rings. The number of hydrogen-bond acceptors (Lipinski definition) is 2. The lowest BCUT2D eigenvalue weighted by Crippen LogP contribution is -2.23. The summed E-state index contributed by atoms with van der Waals surface area (Å²) < 4.78 is 0. The van der Waals surface area contributed by atoms with E-state index in [1.54, 1.807) is 13.8 Å². The lowest BCUT2D eigenvalue weighted by molar-refractivity contribution is -0.122. The quantitative estimate of drug-likeness (QED) is 0.621. The lowest BCUT2D eigenvalue weighted by atomic mass is 9.99. The number of unbranched alkanes of at least 4 members (excludes halogenated alkanes) is 2. The first-order valence-electron chi connectivity index (χ1n) is 4.49. The molecule has 0 aromatic carbocycles. The normalized spacial score (nSPS) is 11.7. The maximum atomic E-state index is 11.2. The summed E-state index contributed by atoms with van der Waals surface area (Å²) in [7, 11) is 0. The summed E-state index contributed by atoms with van der Waals surface area (Å²) >= 11 is 0. The van der Waals surface area contributed by atoms with Crippen molar-refractivity contribution >= 4 is 5.78 Å². The van der Waals surface area contributed by atoms with Crippen molar-refractivity contribution in [2.75, 3.05) is 0 Å². The highest BCUT2D eigenvalue weighted by Crippen LogP contribution is 2.11. The Morgan fingerprint density at radius 2 is 2.00 bits per heavy atom. The van der Waals surface area contributed by atoms with Crippen LogP contribution in [-0.4, -0.2) is 16.5 Å². The predicted octanol–water partition coefficient (Wildman–Crippen LogP) is 2.11. The van der Waals surface area contributed by atoms with E-state index in [9.17, 15) is 9.90 Å². The van der Waals surface area contributed by atoms with Gasteiger partial charge in [0.2, 0.25) is 0 Å². The fourth-order valence-corrected chi connectivity index (χ4v) is 1.07. The van der Waals surface area contributed by atoms with E-state index in [1.165, 1.54) is 0 Å². The molecule has 2 heteroatoms. The molecule has 0 aromatic rings. The Hall–Kier alpha value is -0.370. The molecule has 0 heterocycles. The number of carbonyl (C=O) groups excluding carboxylic acids is 1. The zero-order chi connectivity index (χ0) is 9.61. The van der Waals surface area contributed by atoms with E-state index in [2.05, 4.69) is 6.92 Å². The van der Waals surface area contributed by atoms with Gasteiger partial charge in [-0.1, -0.05) is 19.8 Å². The summed E-state index contributed by atoms with van der Waals surface area (Å²) in [5.74, 6) is 0.149. The lowest BCUT2D eigenvalue weighted by Gasteiger charge is -2.15. The Morgan fingerprint density at radius 3 is 2.42 bits per heavy atom. The van der Waals surface area contributed by atoms with Crippen molar-refractivity contribution in [2.24, 2.45) is 0 Å². The Bertz CT molecular complexity index is 133. The van der Waals surface area contributed by atoms with Crippen LogP contribution in [0.5, 0.6) is 0 Å². The van der Waals surface area contributed by atoms with E-state index >= 15 is 0 Å². The van der Waals surface area contributed by atoms with Crippen molar-refractivity contribution < 1.29 is 9.90 Å². The highest BCUT2D eigenvalue weighted by Gasteiger charge is 2.16. The first-order chi connectivity index (χ1) is 5.45. The van der Waals surface area contributed by atoms with Gasteiger partial charge in [0.1, 0.15) is 5.78 Å². The van der Waals surface area contributed by atoms with Crippen LogP contribution in [0, 0.1) is 6.92 Å². The third kappa shape index (κ3) is 7.73. The minimum absolute atomic E-state index is 0.149.